The number of unbranched alkanes of at least 4 members (excludes halogenated alkanes) is 2. The van der Waals surface area contributed by atoms with Gasteiger partial charge in [0, 0.05) is 18.0 Å². The van der Waals surface area contributed by atoms with Gasteiger partial charge in [0.2, 0.25) is 0 Å². The van der Waals surface area contributed by atoms with Crippen molar-refractivity contribution in [3.8, 4) is 11.4 Å². The molecule has 0 amide bonds. The lowest BCUT2D eigenvalue weighted by Crippen LogP contribution is -2.24. The molecule has 150 valence electrons. The smallest absolute Gasteiger partial charge is 0.338 e. The molecule has 2 aromatic rings. The zero-order chi connectivity index (χ0) is 19.8. The van der Waals surface area contributed by atoms with Gasteiger partial charge in [0.25, 0.3) is 0 Å². The molecule has 4 heteroatoms. The fourth-order valence-corrected chi connectivity index (χ4v) is 3.84. The van der Waals surface area contributed by atoms with Crippen LogP contribution < -0.4 is 0 Å². The lowest BCUT2D eigenvalue weighted by molar-refractivity contribution is 0.0164. The molecule has 1 heterocycles. The Hall–Kier alpha value is -2.23. The Bertz CT molecular complexity index is 732. The van der Waals surface area contributed by atoms with Gasteiger partial charge in [0.15, 0.2) is 5.82 Å². The molecule has 1 fully saturated rings. The Morgan fingerprint density at radius 2 is 1.68 bits per heavy atom. The minimum absolute atomic E-state index is 0.0681. The van der Waals surface area contributed by atoms with Gasteiger partial charge >= 0.3 is 5.97 Å². The SMILES string of the molecule is CCCCCc1cnc(-c2ccc(C(=O)OC3CCC(CC)CC3)cc2)nc1. The van der Waals surface area contributed by atoms with E-state index in [0.29, 0.717) is 11.4 Å². The quantitative estimate of drug-likeness (QED) is 0.416. The number of aromatic nitrogens is 2. The molecule has 1 aliphatic rings. The number of carbonyl (C=O) groups is 1. The minimum atomic E-state index is -0.223. The summed E-state index contributed by atoms with van der Waals surface area (Å²) in [6, 6.07) is 7.43. The first-order valence-corrected chi connectivity index (χ1v) is 10.8. The van der Waals surface area contributed by atoms with E-state index in [0.717, 1.165) is 30.7 Å². The van der Waals surface area contributed by atoms with Crippen molar-refractivity contribution in [3.63, 3.8) is 0 Å². The van der Waals surface area contributed by atoms with Crippen LogP contribution in [0.5, 0.6) is 0 Å². The zero-order valence-electron chi connectivity index (χ0n) is 17.2. The van der Waals surface area contributed by atoms with Crippen LogP contribution in [0, 0.1) is 5.92 Å². The van der Waals surface area contributed by atoms with E-state index in [2.05, 4.69) is 23.8 Å². The number of hydrogen-bond acceptors (Lipinski definition) is 4. The van der Waals surface area contributed by atoms with Crippen molar-refractivity contribution in [3.05, 3.63) is 47.8 Å². The van der Waals surface area contributed by atoms with Gasteiger partial charge in [-0.15, -0.1) is 0 Å². The third kappa shape index (κ3) is 5.63. The summed E-state index contributed by atoms with van der Waals surface area (Å²) in [6.45, 7) is 4.44. The second kappa shape index (κ2) is 10.4. The fraction of sp³-hybridized carbons (Fsp3) is 0.542. The molecule has 1 aromatic heterocycles. The van der Waals surface area contributed by atoms with Gasteiger partial charge in [-0.1, -0.05) is 45.2 Å². The summed E-state index contributed by atoms with van der Waals surface area (Å²) < 4.78 is 5.71. The third-order valence-corrected chi connectivity index (χ3v) is 5.80. The van der Waals surface area contributed by atoms with Gasteiger partial charge in [-0.25, -0.2) is 14.8 Å². The van der Waals surface area contributed by atoms with Crippen LogP contribution in [0.4, 0.5) is 0 Å². The van der Waals surface area contributed by atoms with E-state index in [-0.39, 0.29) is 12.1 Å². The van der Waals surface area contributed by atoms with Gasteiger partial charge in [-0.2, -0.15) is 0 Å². The highest BCUT2D eigenvalue weighted by Crippen LogP contribution is 2.28. The lowest BCUT2D eigenvalue weighted by atomic mass is 9.86. The van der Waals surface area contributed by atoms with Crippen LogP contribution in [0.2, 0.25) is 0 Å². The van der Waals surface area contributed by atoms with E-state index >= 15 is 0 Å². The molecular formula is C24H32N2O2. The third-order valence-electron chi connectivity index (χ3n) is 5.80. The maximum absolute atomic E-state index is 12.4. The van der Waals surface area contributed by atoms with Crippen LogP contribution in [0.3, 0.4) is 0 Å². The largest absolute Gasteiger partial charge is 0.459 e. The van der Waals surface area contributed by atoms with Crippen molar-refractivity contribution in [1.29, 1.82) is 0 Å². The van der Waals surface area contributed by atoms with E-state index in [1.54, 1.807) is 0 Å². The predicted molar refractivity (Wildman–Crippen MR) is 112 cm³/mol. The molecule has 0 N–H and O–H groups in total. The molecule has 3 rings (SSSR count). The van der Waals surface area contributed by atoms with Crippen molar-refractivity contribution in [2.24, 2.45) is 5.92 Å². The Morgan fingerprint density at radius 3 is 2.29 bits per heavy atom. The van der Waals surface area contributed by atoms with Gasteiger partial charge in [0.05, 0.1) is 5.56 Å². The molecule has 1 aliphatic carbocycles. The first-order valence-electron chi connectivity index (χ1n) is 10.8. The summed E-state index contributed by atoms with van der Waals surface area (Å²) in [5.74, 6) is 1.27. The molecule has 0 saturated heterocycles. The number of rotatable bonds is 8. The first-order chi connectivity index (χ1) is 13.7. The molecule has 0 aliphatic heterocycles. The average Bonchev–Trinajstić information content (AvgIpc) is 2.75. The van der Waals surface area contributed by atoms with E-state index in [4.69, 9.17) is 4.74 Å². The molecule has 28 heavy (non-hydrogen) atoms. The molecule has 0 radical (unpaired) electrons. The fourth-order valence-electron chi connectivity index (χ4n) is 3.84. The maximum Gasteiger partial charge on any atom is 0.338 e. The minimum Gasteiger partial charge on any atom is -0.459 e. The monoisotopic (exact) mass is 380 g/mol. The molecule has 1 aromatic carbocycles. The van der Waals surface area contributed by atoms with Crippen LogP contribution in [0.25, 0.3) is 11.4 Å². The van der Waals surface area contributed by atoms with E-state index in [1.165, 1.54) is 44.1 Å². The number of benzene rings is 1. The number of carbonyl (C=O) groups excluding carboxylic acids is 1. The Kier molecular flexibility index (Phi) is 7.58. The predicted octanol–water partition coefficient (Wildman–Crippen LogP) is 6.00. The molecule has 0 unspecified atom stereocenters. The van der Waals surface area contributed by atoms with Gasteiger partial charge in [-0.3, -0.25) is 0 Å². The highest BCUT2D eigenvalue weighted by atomic mass is 16.5. The standard InChI is InChI=1S/C24H32N2O2/c1-3-5-6-7-19-16-25-23(26-17-19)20-10-12-21(13-11-20)24(27)28-22-14-8-18(4-2)9-15-22/h10-13,16-18,22H,3-9,14-15H2,1-2H3. The second-order valence-corrected chi connectivity index (χ2v) is 7.91. The van der Waals surface area contributed by atoms with Crippen LogP contribution in [-0.2, 0) is 11.2 Å². The highest BCUT2D eigenvalue weighted by Gasteiger charge is 2.23. The number of aryl methyl sites for hydroxylation is 1. The summed E-state index contributed by atoms with van der Waals surface area (Å²) in [6.07, 6.45) is 14.1. The number of hydrogen-bond donors (Lipinski definition) is 0. The lowest BCUT2D eigenvalue weighted by Gasteiger charge is -2.27. The summed E-state index contributed by atoms with van der Waals surface area (Å²) in [5.41, 5.74) is 2.69. The van der Waals surface area contributed by atoms with Crippen LogP contribution >= 0.6 is 0 Å². The van der Waals surface area contributed by atoms with Crippen molar-refractivity contribution < 1.29 is 9.53 Å². The summed E-state index contributed by atoms with van der Waals surface area (Å²) in [5, 5.41) is 0. The number of nitrogens with zero attached hydrogens (tertiary/aromatic N) is 2. The van der Waals surface area contributed by atoms with E-state index in [9.17, 15) is 4.79 Å². The first kappa shape index (κ1) is 20.5. The van der Waals surface area contributed by atoms with Gasteiger partial charge in [0.1, 0.15) is 6.10 Å². The van der Waals surface area contributed by atoms with Crippen molar-refractivity contribution in [2.45, 2.75) is 77.7 Å². The highest BCUT2D eigenvalue weighted by molar-refractivity contribution is 5.90. The van der Waals surface area contributed by atoms with Crippen molar-refractivity contribution in [2.75, 3.05) is 0 Å². The number of ether oxygens (including phenoxy) is 1. The van der Waals surface area contributed by atoms with Crippen molar-refractivity contribution in [1.82, 2.24) is 9.97 Å². The molecule has 0 bridgehead atoms. The Balaban J connectivity index is 1.55. The zero-order valence-corrected chi connectivity index (χ0v) is 17.2. The molecule has 0 atom stereocenters. The van der Waals surface area contributed by atoms with Crippen LogP contribution in [-0.4, -0.2) is 22.0 Å². The van der Waals surface area contributed by atoms with Gasteiger partial charge < -0.3 is 4.74 Å². The normalized spacial score (nSPS) is 19.4. The number of esters is 1. The Morgan fingerprint density at radius 1 is 1.00 bits per heavy atom. The maximum atomic E-state index is 12.4. The average molecular weight is 381 g/mol. The van der Waals surface area contributed by atoms with E-state index < -0.39 is 0 Å². The van der Waals surface area contributed by atoms with E-state index in [1.807, 2.05) is 36.7 Å². The van der Waals surface area contributed by atoms with Gasteiger partial charge in [-0.05, 0) is 62.1 Å². The summed E-state index contributed by atoms with van der Waals surface area (Å²) in [7, 11) is 0. The Labute approximate surface area is 168 Å². The van der Waals surface area contributed by atoms with Crippen LogP contribution in [0.1, 0.15) is 81.1 Å². The molecule has 4 nitrogen and oxygen atoms in total. The molecule has 1 saturated carbocycles. The molecule has 0 spiro atoms. The van der Waals surface area contributed by atoms with Crippen molar-refractivity contribution >= 4 is 5.97 Å². The second-order valence-electron chi connectivity index (χ2n) is 7.91. The topological polar surface area (TPSA) is 52.1 Å². The van der Waals surface area contributed by atoms with Crippen LogP contribution in [0.15, 0.2) is 36.7 Å². The molecular weight excluding hydrogens is 348 g/mol. The summed E-state index contributed by atoms with van der Waals surface area (Å²) in [4.78, 5) is 21.4. The summed E-state index contributed by atoms with van der Waals surface area (Å²) >= 11 is 0.